The first-order valence-corrected chi connectivity index (χ1v) is 10.8. The van der Waals surface area contributed by atoms with Crippen LogP contribution in [0.15, 0.2) is 78.4 Å². The maximum absolute atomic E-state index is 13.3. The van der Waals surface area contributed by atoms with E-state index in [1.165, 1.54) is 26.0 Å². The van der Waals surface area contributed by atoms with Crippen LogP contribution in [0.1, 0.15) is 24.1 Å². The van der Waals surface area contributed by atoms with Crippen molar-refractivity contribution in [3.05, 3.63) is 89.5 Å². The molecule has 35 heavy (non-hydrogen) atoms. The summed E-state index contributed by atoms with van der Waals surface area (Å²) in [4.78, 5) is 39.3. The van der Waals surface area contributed by atoms with Crippen molar-refractivity contribution in [1.29, 1.82) is 0 Å². The number of benzene rings is 3. The van der Waals surface area contributed by atoms with E-state index in [9.17, 15) is 19.5 Å². The summed E-state index contributed by atoms with van der Waals surface area (Å²) < 4.78 is 10.9. The Hall–Kier alpha value is -4.59. The molecule has 2 N–H and O–H groups in total. The van der Waals surface area contributed by atoms with Crippen molar-refractivity contribution in [1.82, 2.24) is 0 Å². The molecule has 178 valence electrons. The maximum Gasteiger partial charge on any atom is 0.300 e. The van der Waals surface area contributed by atoms with Gasteiger partial charge in [0.2, 0.25) is 5.91 Å². The number of Topliss-reactive ketones (excluding diaryl/α,β-unsaturated/α-hetero) is 1. The molecule has 2 amide bonds. The second-order valence-corrected chi connectivity index (χ2v) is 7.87. The van der Waals surface area contributed by atoms with E-state index in [2.05, 4.69) is 5.32 Å². The van der Waals surface area contributed by atoms with E-state index in [1.807, 2.05) is 0 Å². The predicted molar refractivity (Wildman–Crippen MR) is 132 cm³/mol. The van der Waals surface area contributed by atoms with Gasteiger partial charge < -0.3 is 19.9 Å². The molecule has 1 heterocycles. The van der Waals surface area contributed by atoms with Crippen LogP contribution < -0.4 is 19.7 Å². The van der Waals surface area contributed by atoms with Crippen molar-refractivity contribution in [2.24, 2.45) is 0 Å². The summed E-state index contributed by atoms with van der Waals surface area (Å²) in [6.45, 7) is 1.39. The Morgan fingerprint density at radius 3 is 2.23 bits per heavy atom. The summed E-state index contributed by atoms with van der Waals surface area (Å²) in [5.74, 6) is -1.22. The lowest BCUT2D eigenvalue weighted by Crippen LogP contribution is -2.29. The van der Waals surface area contributed by atoms with Gasteiger partial charge in [0.05, 0.1) is 25.8 Å². The highest BCUT2D eigenvalue weighted by Gasteiger charge is 2.48. The quantitative estimate of drug-likeness (QED) is 0.315. The third-order valence-corrected chi connectivity index (χ3v) is 5.69. The van der Waals surface area contributed by atoms with Gasteiger partial charge in [0.25, 0.3) is 11.7 Å². The maximum atomic E-state index is 13.3. The number of nitrogens with one attached hydrogen (secondary N) is 1. The van der Waals surface area contributed by atoms with E-state index < -0.39 is 17.7 Å². The summed E-state index contributed by atoms with van der Waals surface area (Å²) in [7, 11) is 3.00. The van der Waals surface area contributed by atoms with Crippen LogP contribution in [-0.2, 0) is 14.4 Å². The number of ketones is 1. The third kappa shape index (κ3) is 4.46. The van der Waals surface area contributed by atoms with Crippen LogP contribution in [0.3, 0.4) is 0 Å². The van der Waals surface area contributed by atoms with Crippen LogP contribution in [-0.4, -0.2) is 36.9 Å². The van der Waals surface area contributed by atoms with E-state index >= 15 is 0 Å². The average molecular weight is 472 g/mol. The molecule has 3 aromatic rings. The van der Waals surface area contributed by atoms with Gasteiger partial charge in [-0.2, -0.15) is 0 Å². The molecule has 1 aliphatic heterocycles. The minimum Gasteiger partial charge on any atom is -0.507 e. The molecule has 0 unspecified atom stereocenters. The largest absolute Gasteiger partial charge is 0.507 e. The number of aliphatic hydroxyl groups excluding tert-OH is 1. The van der Waals surface area contributed by atoms with E-state index in [4.69, 9.17) is 9.47 Å². The fourth-order valence-electron chi connectivity index (χ4n) is 4.10. The summed E-state index contributed by atoms with van der Waals surface area (Å²) >= 11 is 0. The fraction of sp³-hybridized carbons (Fsp3) is 0.148. The zero-order chi connectivity index (χ0) is 25.1. The normalized spacial score (nSPS) is 16.8. The molecule has 1 aliphatic rings. The smallest absolute Gasteiger partial charge is 0.300 e. The first-order chi connectivity index (χ1) is 16.8. The summed E-state index contributed by atoms with van der Waals surface area (Å²) in [5.41, 5.74) is 1.80. The second-order valence-electron chi connectivity index (χ2n) is 7.87. The van der Waals surface area contributed by atoms with Gasteiger partial charge in [-0.15, -0.1) is 0 Å². The second kappa shape index (κ2) is 9.72. The standard InChI is InChI=1S/C27H24N2O6/c1-16(30)28-18-9-11-19(12-10-18)29-24(21-14-13-20(34-2)15-22(21)35-3)23(26(32)27(29)33)25(31)17-7-5-4-6-8-17/h4-15,24,31H,1-3H3,(H,28,30)/t24-/m0/s1. The molecular formula is C27H24N2O6. The third-order valence-electron chi connectivity index (χ3n) is 5.69. The lowest BCUT2D eigenvalue weighted by Gasteiger charge is -2.27. The first kappa shape index (κ1) is 23.6. The Morgan fingerprint density at radius 2 is 1.63 bits per heavy atom. The average Bonchev–Trinajstić information content (AvgIpc) is 3.13. The van der Waals surface area contributed by atoms with Crippen molar-refractivity contribution < 1.29 is 29.0 Å². The minimum atomic E-state index is -0.970. The first-order valence-electron chi connectivity index (χ1n) is 10.8. The van der Waals surface area contributed by atoms with Crippen molar-refractivity contribution in [3.63, 3.8) is 0 Å². The number of aliphatic hydroxyl groups is 1. The molecule has 8 nitrogen and oxygen atoms in total. The van der Waals surface area contributed by atoms with Crippen molar-refractivity contribution in [3.8, 4) is 11.5 Å². The van der Waals surface area contributed by atoms with Crippen LogP contribution in [0.4, 0.5) is 11.4 Å². The zero-order valence-corrected chi connectivity index (χ0v) is 19.4. The molecule has 1 fully saturated rings. The predicted octanol–water partition coefficient (Wildman–Crippen LogP) is 4.29. The van der Waals surface area contributed by atoms with Crippen molar-refractivity contribution >= 4 is 34.7 Å². The highest BCUT2D eigenvalue weighted by molar-refractivity contribution is 6.51. The molecule has 0 aromatic heterocycles. The van der Waals surface area contributed by atoms with Crippen LogP contribution in [0.25, 0.3) is 5.76 Å². The van der Waals surface area contributed by atoms with Crippen molar-refractivity contribution in [2.75, 3.05) is 24.4 Å². The molecule has 1 saturated heterocycles. The van der Waals surface area contributed by atoms with Crippen LogP contribution in [0.5, 0.6) is 11.5 Å². The van der Waals surface area contributed by atoms with Crippen LogP contribution in [0, 0.1) is 0 Å². The number of carbonyl (C=O) groups excluding carboxylic acids is 3. The number of anilines is 2. The monoisotopic (exact) mass is 472 g/mol. The number of amides is 2. The SMILES string of the molecule is COc1ccc([C@H]2C(=C(O)c3ccccc3)C(=O)C(=O)N2c2ccc(NC(C)=O)cc2)c(OC)c1. The Labute approximate surface area is 202 Å². The van der Waals surface area contributed by atoms with Crippen LogP contribution >= 0.6 is 0 Å². The molecule has 0 aliphatic carbocycles. The molecule has 3 aromatic carbocycles. The van der Waals surface area contributed by atoms with Crippen LogP contribution in [0.2, 0.25) is 0 Å². The highest BCUT2D eigenvalue weighted by Crippen LogP contribution is 2.45. The Kier molecular flexibility index (Phi) is 6.55. The number of hydrogen-bond donors (Lipinski definition) is 2. The Bertz CT molecular complexity index is 1320. The number of ether oxygens (including phenoxy) is 2. The Morgan fingerprint density at radius 1 is 0.943 bits per heavy atom. The van der Waals surface area contributed by atoms with Gasteiger partial charge in [0, 0.05) is 35.5 Å². The van der Waals surface area contributed by atoms with E-state index in [-0.39, 0.29) is 17.2 Å². The molecule has 1 atom stereocenters. The minimum absolute atomic E-state index is 0.0596. The molecule has 8 heteroatoms. The number of carbonyl (C=O) groups is 3. The van der Waals surface area contributed by atoms with Gasteiger partial charge in [0.15, 0.2) is 0 Å². The van der Waals surface area contributed by atoms with E-state index in [0.717, 1.165) is 0 Å². The highest BCUT2D eigenvalue weighted by atomic mass is 16.5. The van der Waals surface area contributed by atoms with Gasteiger partial charge in [-0.1, -0.05) is 30.3 Å². The topological polar surface area (TPSA) is 105 Å². The molecule has 0 saturated carbocycles. The fourth-order valence-corrected chi connectivity index (χ4v) is 4.10. The lowest BCUT2D eigenvalue weighted by atomic mass is 9.94. The molecule has 0 radical (unpaired) electrons. The summed E-state index contributed by atoms with van der Waals surface area (Å²) in [6.07, 6.45) is 0. The van der Waals surface area contributed by atoms with E-state index in [0.29, 0.717) is 34.0 Å². The number of hydrogen-bond acceptors (Lipinski definition) is 6. The molecule has 0 bridgehead atoms. The number of nitrogens with zero attached hydrogens (tertiary/aromatic N) is 1. The molecular weight excluding hydrogens is 448 g/mol. The lowest BCUT2D eigenvalue weighted by molar-refractivity contribution is -0.132. The van der Waals surface area contributed by atoms with Gasteiger partial charge >= 0.3 is 0 Å². The van der Waals surface area contributed by atoms with Gasteiger partial charge in [-0.25, -0.2) is 0 Å². The van der Waals surface area contributed by atoms with Gasteiger partial charge in [0.1, 0.15) is 17.3 Å². The molecule has 4 rings (SSSR count). The zero-order valence-electron chi connectivity index (χ0n) is 19.4. The van der Waals surface area contributed by atoms with Gasteiger partial charge in [-0.3, -0.25) is 19.3 Å². The van der Waals surface area contributed by atoms with E-state index in [1.54, 1.807) is 72.8 Å². The van der Waals surface area contributed by atoms with Gasteiger partial charge in [-0.05, 0) is 36.4 Å². The summed E-state index contributed by atoms with van der Waals surface area (Å²) in [5, 5.41) is 13.9. The van der Waals surface area contributed by atoms with Crippen molar-refractivity contribution in [2.45, 2.75) is 13.0 Å². The number of methoxy groups -OCH3 is 2. The number of rotatable bonds is 6. The summed E-state index contributed by atoms with van der Waals surface area (Å²) in [6, 6.07) is 19.2. The molecule has 0 spiro atoms. The Balaban J connectivity index is 1.93.